The highest BCUT2D eigenvalue weighted by Crippen LogP contribution is 2.22. The van der Waals surface area contributed by atoms with Crippen LogP contribution in [0.2, 0.25) is 0 Å². The van der Waals surface area contributed by atoms with Crippen LogP contribution in [0.4, 0.5) is 0 Å². The molecule has 2 heteroatoms. The topological polar surface area (TPSA) is 6.48 Å². The van der Waals surface area contributed by atoms with Gasteiger partial charge in [-0.15, -0.1) is 0 Å². The van der Waals surface area contributed by atoms with Gasteiger partial charge in [-0.1, -0.05) is 134 Å². The van der Waals surface area contributed by atoms with Gasteiger partial charge in [0.2, 0.25) is 0 Å². The highest BCUT2D eigenvalue weighted by Gasteiger charge is 2.22. The molecule has 0 saturated heterocycles. The minimum absolute atomic E-state index is 0.534. The van der Waals surface area contributed by atoms with E-state index in [9.17, 15) is 0 Å². The van der Waals surface area contributed by atoms with Crippen LogP contribution in [0.15, 0.2) is 42.7 Å². The normalized spacial score (nSPS) is 15.9. The lowest BCUT2D eigenvalue weighted by Crippen LogP contribution is -2.36. The van der Waals surface area contributed by atoms with Gasteiger partial charge in [-0.05, 0) is 18.4 Å². The fourth-order valence-electron chi connectivity index (χ4n) is 4.82. The second-order valence-corrected chi connectivity index (χ2v) is 9.69. The fraction of sp³-hybridized carbons (Fsp3) is 0.724. The molecule has 1 unspecified atom stereocenters. The van der Waals surface area contributed by atoms with E-state index >= 15 is 0 Å². The van der Waals surface area contributed by atoms with Crippen molar-refractivity contribution in [1.82, 2.24) is 9.80 Å². The summed E-state index contributed by atoms with van der Waals surface area (Å²) in [7, 11) is 2.22. The van der Waals surface area contributed by atoms with E-state index < -0.39 is 0 Å². The molecule has 2 nitrogen and oxygen atoms in total. The summed E-state index contributed by atoms with van der Waals surface area (Å²) in [6.45, 7) is 3.32. The van der Waals surface area contributed by atoms with E-state index in [1.807, 2.05) is 0 Å². The van der Waals surface area contributed by atoms with Gasteiger partial charge in [-0.25, -0.2) is 0 Å². The molecule has 0 amide bonds. The van der Waals surface area contributed by atoms with Crippen LogP contribution < -0.4 is 0 Å². The summed E-state index contributed by atoms with van der Waals surface area (Å²) in [5, 5.41) is 0. The molecule has 0 aromatic heterocycles. The highest BCUT2D eigenvalue weighted by atomic mass is 15.4. The molecule has 1 aromatic carbocycles. The molecule has 1 aliphatic rings. The van der Waals surface area contributed by atoms with Crippen LogP contribution in [0.1, 0.15) is 122 Å². The van der Waals surface area contributed by atoms with Crippen molar-refractivity contribution >= 4 is 0 Å². The molecule has 0 bridgehead atoms. The SMILES string of the molecule is CCCCCCCCCCCCCCCCCCC1N(C)C=CN1Cc1ccccc1. The van der Waals surface area contributed by atoms with Gasteiger partial charge in [0.25, 0.3) is 0 Å². The Hall–Kier alpha value is -1.44. The smallest absolute Gasteiger partial charge is 0.101 e. The minimum atomic E-state index is 0.534. The van der Waals surface area contributed by atoms with Crippen molar-refractivity contribution in [3.63, 3.8) is 0 Å². The first-order chi connectivity index (χ1) is 15.3. The Kier molecular flexibility index (Phi) is 14.3. The zero-order valence-corrected chi connectivity index (χ0v) is 20.7. The third-order valence-corrected chi connectivity index (χ3v) is 6.87. The fourth-order valence-corrected chi connectivity index (χ4v) is 4.82. The van der Waals surface area contributed by atoms with Gasteiger partial charge in [0.05, 0.1) is 0 Å². The van der Waals surface area contributed by atoms with Crippen molar-refractivity contribution in [2.24, 2.45) is 0 Å². The second-order valence-electron chi connectivity index (χ2n) is 9.69. The summed E-state index contributed by atoms with van der Waals surface area (Å²) >= 11 is 0. The molecule has 1 atom stereocenters. The Labute approximate surface area is 194 Å². The Morgan fingerprint density at radius 2 is 1.10 bits per heavy atom. The number of hydrogen-bond donors (Lipinski definition) is 0. The minimum Gasteiger partial charge on any atom is -0.359 e. The number of unbranched alkanes of at least 4 members (excludes halogenated alkanes) is 15. The highest BCUT2D eigenvalue weighted by molar-refractivity contribution is 5.15. The van der Waals surface area contributed by atoms with Crippen LogP contribution in [0.5, 0.6) is 0 Å². The maximum Gasteiger partial charge on any atom is 0.101 e. The van der Waals surface area contributed by atoms with E-state index in [1.54, 1.807) is 0 Å². The molecule has 1 aromatic rings. The molecule has 2 rings (SSSR count). The molecule has 0 saturated carbocycles. The summed E-state index contributed by atoms with van der Waals surface area (Å²) in [6, 6.07) is 10.9. The third kappa shape index (κ3) is 11.7. The maximum atomic E-state index is 2.50. The van der Waals surface area contributed by atoms with Crippen LogP contribution in [0, 0.1) is 0 Å². The van der Waals surface area contributed by atoms with Gasteiger partial charge in [-0.3, -0.25) is 0 Å². The van der Waals surface area contributed by atoms with Gasteiger partial charge in [0, 0.05) is 26.0 Å². The number of benzene rings is 1. The molecule has 0 spiro atoms. The monoisotopic (exact) mass is 426 g/mol. The lowest BCUT2D eigenvalue weighted by molar-refractivity contribution is 0.155. The van der Waals surface area contributed by atoms with Crippen LogP contribution in [-0.4, -0.2) is 23.0 Å². The van der Waals surface area contributed by atoms with Gasteiger partial charge in [0.15, 0.2) is 0 Å². The van der Waals surface area contributed by atoms with E-state index in [0.717, 1.165) is 6.54 Å². The lowest BCUT2D eigenvalue weighted by Gasteiger charge is -2.30. The summed E-state index contributed by atoms with van der Waals surface area (Å²) in [5.74, 6) is 0. The van der Waals surface area contributed by atoms with E-state index in [2.05, 4.69) is 66.5 Å². The average molecular weight is 427 g/mol. The maximum absolute atomic E-state index is 2.50. The van der Waals surface area contributed by atoms with Gasteiger partial charge >= 0.3 is 0 Å². The Balaban J connectivity index is 1.39. The molecule has 0 radical (unpaired) electrons. The zero-order valence-electron chi connectivity index (χ0n) is 20.7. The van der Waals surface area contributed by atoms with Gasteiger partial charge in [0.1, 0.15) is 6.17 Å². The number of rotatable bonds is 19. The van der Waals surface area contributed by atoms with E-state index in [4.69, 9.17) is 0 Å². The third-order valence-electron chi connectivity index (χ3n) is 6.87. The molecule has 0 aliphatic carbocycles. The van der Waals surface area contributed by atoms with Crippen LogP contribution >= 0.6 is 0 Å². The quantitative estimate of drug-likeness (QED) is 0.204. The van der Waals surface area contributed by atoms with Crippen molar-refractivity contribution in [3.8, 4) is 0 Å². The van der Waals surface area contributed by atoms with E-state index in [1.165, 1.54) is 115 Å². The summed E-state index contributed by atoms with van der Waals surface area (Å²) in [5.41, 5.74) is 1.40. The van der Waals surface area contributed by atoms with Crippen molar-refractivity contribution in [1.29, 1.82) is 0 Å². The zero-order chi connectivity index (χ0) is 22.0. The van der Waals surface area contributed by atoms with E-state index in [0.29, 0.717) is 6.17 Å². The Bertz CT molecular complexity index is 553. The predicted octanol–water partition coefficient (Wildman–Crippen LogP) is 8.88. The van der Waals surface area contributed by atoms with Crippen LogP contribution in [0.25, 0.3) is 0 Å². The predicted molar refractivity (Wildman–Crippen MR) is 137 cm³/mol. The summed E-state index contributed by atoms with van der Waals surface area (Å²) in [6.07, 6.45) is 29.3. The molecule has 31 heavy (non-hydrogen) atoms. The van der Waals surface area contributed by atoms with Crippen LogP contribution in [0.3, 0.4) is 0 Å². The number of nitrogens with zero attached hydrogens (tertiary/aromatic N) is 2. The number of hydrogen-bond acceptors (Lipinski definition) is 2. The standard InChI is InChI=1S/C29H50N2/c1-3-4-5-6-7-8-9-10-11-12-13-14-15-16-17-21-24-29-30(2)25-26-31(29)27-28-22-19-18-20-23-28/h18-20,22-23,25-26,29H,3-17,21,24,27H2,1-2H3. The summed E-state index contributed by atoms with van der Waals surface area (Å²) < 4.78 is 0. The Morgan fingerprint density at radius 3 is 1.61 bits per heavy atom. The molecule has 0 N–H and O–H groups in total. The van der Waals surface area contributed by atoms with E-state index in [-0.39, 0.29) is 0 Å². The van der Waals surface area contributed by atoms with Crippen LogP contribution in [-0.2, 0) is 6.54 Å². The average Bonchev–Trinajstić information content (AvgIpc) is 3.13. The van der Waals surface area contributed by atoms with Crippen molar-refractivity contribution in [2.75, 3.05) is 7.05 Å². The molecule has 176 valence electrons. The molecule has 1 heterocycles. The molecular formula is C29H50N2. The van der Waals surface area contributed by atoms with Crippen molar-refractivity contribution in [3.05, 3.63) is 48.3 Å². The molecule has 0 fully saturated rings. The van der Waals surface area contributed by atoms with Crippen molar-refractivity contribution < 1.29 is 0 Å². The lowest BCUT2D eigenvalue weighted by atomic mass is 10.0. The van der Waals surface area contributed by atoms with Gasteiger partial charge < -0.3 is 9.80 Å². The Morgan fingerprint density at radius 1 is 0.613 bits per heavy atom. The summed E-state index contributed by atoms with van der Waals surface area (Å²) in [4.78, 5) is 4.88. The first-order valence-electron chi connectivity index (χ1n) is 13.5. The molecule has 1 aliphatic heterocycles. The van der Waals surface area contributed by atoms with Gasteiger partial charge in [-0.2, -0.15) is 0 Å². The first kappa shape index (κ1) is 25.8. The molecular weight excluding hydrogens is 376 g/mol. The largest absolute Gasteiger partial charge is 0.359 e. The second kappa shape index (κ2) is 17.2. The van der Waals surface area contributed by atoms with Crippen molar-refractivity contribution in [2.45, 2.75) is 129 Å². The first-order valence-corrected chi connectivity index (χ1v) is 13.5.